The van der Waals surface area contributed by atoms with Crippen LogP contribution in [0.2, 0.25) is 0 Å². The molecule has 0 spiro atoms. The van der Waals surface area contributed by atoms with E-state index in [9.17, 15) is 22.8 Å². The van der Waals surface area contributed by atoms with Crippen LogP contribution in [0.4, 0.5) is 13.2 Å². The van der Waals surface area contributed by atoms with Crippen LogP contribution in [-0.4, -0.2) is 37.4 Å². The molecule has 8 heteroatoms. The van der Waals surface area contributed by atoms with Gasteiger partial charge in [0.2, 0.25) is 0 Å². The highest BCUT2D eigenvalue weighted by atomic mass is 19.4. The highest BCUT2D eigenvalue weighted by Crippen LogP contribution is 2.18. The molecule has 2 atom stereocenters. The zero-order chi connectivity index (χ0) is 12.2. The zero-order valence-electron chi connectivity index (χ0n) is 8.00. The molecule has 0 bridgehead atoms. The third-order valence-electron chi connectivity index (χ3n) is 1.50. The number of esters is 2. The van der Waals surface area contributed by atoms with Crippen molar-refractivity contribution in [1.29, 1.82) is 0 Å². The molecule has 0 aliphatic carbocycles. The van der Waals surface area contributed by atoms with E-state index in [0.29, 0.717) is 0 Å². The predicted molar refractivity (Wildman–Crippen MR) is 41.6 cm³/mol. The molecule has 0 aliphatic heterocycles. The minimum atomic E-state index is -5.11. The van der Waals surface area contributed by atoms with Gasteiger partial charge in [-0.05, 0) is 6.92 Å². The van der Waals surface area contributed by atoms with Gasteiger partial charge in [-0.2, -0.15) is 13.2 Å². The van der Waals surface area contributed by atoms with Gasteiger partial charge in [-0.25, -0.2) is 4.79 Å². The summed E-state index contributed by atoms with van der Waals surface area (Å²) in [4.78, 5) is 21.1. The Hall–Kier alpha value is -1.31. The second kappa shape index (κ2) is 4.96. The Bertz CT molecular complexity index is 253. The van der Waals surface area contributed by atoms with E-state index in [-0.39, 0.29) is 0 Å². The number of carbonyl (C=O) groups is 2. The standard InChI is InChI=1S/C7H10F3NO4/c1-3(4(11)5(12)14-2)15-6(13)7(8,9)10/h3-4H,11H2,1-2H3/t3-,4+/m1/s1. The Balaban J connectivity index is 4.31. The summed E-state index contributed by atoms with van der Waals surface area (Å²) in [6, 6.07) is -1.44. The number of nitrogens with two attached hydrogens (primary N) is 1. The second-order valence-electron chi connectivity index (χ2n) is 2.66. The highest BCUT2D eigenvalue weighted by Gasteiger charge is 2.43. The molecule has 88 valence electrons. The molecule has 0 unspecified atom stereocenters. The molecular weight excluding hydrogens is 219 g/mol. The minimum absolute atomic E-state index is 0.961. The summed E-state index contributed by atoms with van der Waals surface area (Å²) in [6.45, 7) is 1.06. The number of hydrogen-bond donors (Lipinski definition) is 1. The highest BCUT2D eigenvalue weighted by molar-refractivity contribution is 5.78. The number of alkyl halides is 3. The molecule has 0 aromatic rings. The Morgan fingerprint density at radius 3 is 2.13 bits per heavy atom. The fourth-order valence-corrected chi connectivity index (χ4v) is 0.637. The zero-order valence-corrected chi connectivity index (χ0v) is 8.00. The quantitative estimate of drug-likeness (QED) is 0.688. The summed E-state index contributed by atoms with van der Waals surface area (Å²) in [5.74, 6) is -3.35. The molecule has 0 saturated carbocycles. The Morgan fingerprint density at radius 1 is 1.33 bits per heavy atom. The van der Waals surface area contributed by atoms with Crippen molar-refractivity contribution < 1.29 is 32.2 Å². The lowest BCUT2D eigenvalue weighted by Crippen LogP contribution is -2.45. The van der Waals surface area contributed by atoms with Crippen LogP contribution in [0.5, 0.6) is 0 Å². The van der Waals surface area contributed by atoms with Crippen LogP contribution in [0.15, 0.2) is 0 Å². The number of halogens is 3. The molecule has 0 heterocycles. The van der Waals surface area contributed by atoms with Crippen molar-refractivity contribution >= 4 is 11.9 Å². The van der Waals surface area contributed by atoms with Gasteiger partial charge < -0.3 is 15.2 Å². The van der Waals surface area contributed by atoms with Crippen LogP contribution in [0.3, 0.4) is 0 Å². The molecule has 0 rings (SSSR count). The van der Waals surface area contributed by atoms with E-state index in [1.807, 2.05) is 0 Å². The Morgan fingerprint density at radius 2 is 1.80 bits per heavy atom. The number of carbonyl (C=O) groups excluding carboxylic acids is 2. The topological polar surface area (TPSA) is 78.6 Å². The number of rotatable bonds is 3. The maximum absolute atomic E-state index is 11.7. The predicted octanol–water partition coefficient (Wildman–Crippen LogP) is -0.0193. The average molecular weight is 229 g/mol. The van der Waals surface area contributed by atoms with Crippen LogP contribution in [0, 0.1) is 0 Å². The van der Waals surface area contributed by atoms with Crippen molar-refractivity contribution in [3.8, 4) is 0 Å². The van der Waals surface area contributed by atoms with Gasteiger partial charge >= 0.3 is 18.1 Å². The van der Waals surface area contributed by atoms with Gasteiger partial charge in [0.05, 0.1) is 7.11 Å². The summed E-state index contributed by atoms with van der Waals surface area (Å²) in [5, 5.41) is 0. The summed E-state index contributed by atoms with van der Waals surface area (Å²) >= 11 is 0. The van der Waals surface area contributed by atoms with E-state index < -0.39 is 30.3 Å². The van der Waals surface area contributed by atoms with Crippen molar-refractivity contribution in [2.45, 2.75) is 25.2 Å². The second-order valence-corrected chi connectivity index (χ2v) is 2.66. The SMILES string of the molecule is COC(=O)[C@@H](N)[C@@H](C)OC(=O)C(F)(F)F. The minimum Gasteiger partial charge on any atom is -0.468 e. The van der Waals surface area contributed by atoms with Gasteiger partial charge in [0.15, 0.2) is 0 Å². The van der Waals surface area contributed by atoms with E-state index in [2.05, 4.69) is 9.47 Å². The largest absolute Gasteiger partial charge is 0.490 e. The Labute approximate surface area is 83.3 Å². The van der Waals surface area contributed by atoms with Gasteiger partial charge in [0, 0.05) is 0 Å². The van der Waals surface area contributed by atoms with Crippen molar-refractivity contribution in [2.75, 3.05) is 7.11 Å². The molecule has 0 radical (unpaired) electrons. The van der Waals surface area contributed by atoms with Crippen LogP contribution in [-0.2, 0) is 19.1 Å². The lowest BCUT2D eigenvalue weighted by Gasteiger charge is -2.18. The molecule has 0 fully saturated rings. The fourth-order valence-electron chi connectivity index (χ4n) is 0.637. The summed E-state index contributed by atoms with van der Waals surface area (Å²) in [6.07, 6.45) is -6.52. The molecule has 2 N–H and O–H groups in total. The fraction of sp³-hybridized carbons (Fsp3) is 0.714. The molecule has 5 nitrogen and oxygen atoms in total. The average Bonchev–Trinajstić information content (AvgIpc) is 2.13. The van der Waals surface area contributed by atoms with E-state index in [4.69, 9.17) is 5.73 Å². The summed E-state index contributed by atoms with van der Waals surface area (Å²) < 4.78 is 43.2. The normalized spacial score (nSPS) is 15.3. The van der Waals surface area contributed by atoms with Crippen LogP contribution in [0.1, 0.15) is 6.92 Å². The molecule has 0 saturated heterocycles. The maximum atomic E-state index is 11.7. The van der Waals surface area contributed by atoms with Crippen molar-refractivity contribution in [3.05, 3.63) is 0 Å². The first-order valence-corrected chi connectivity index (χ1v) is 3.81. The van der Waals surface area contributed by atoms with Crippen LogP contribution >= 0.6 is 0 Å². The monoisotopic (exact) mass is 229 g/mol. The molecule has 0 amide bonds. The van der Waals surface area contributed by atoms with Crippen LogP contribution < -0.4 is 5.73 Å². The third-order valence-corrected chi connectivity index (χ3v) is 1.50. The molecular formula is C7H10F3NO4. The van der Waals surface area contributed by atoms with E-state index in [0.717, 1.165) is 14.0 Å². The Kier molecular flexibility index (Phi) is 4.53. The van der Waals surface area contributed by atoms with Gasteiger partial charge in [-0.1, -0.05) is 0 Å². The van der Waals surface area contributed by atoms with E-state index in [1.54, 1.807) is 0 Å². The van der Waals surface area contributed by atoms with Gasteiger partial charge in [-0.3, -0.25) is 4.79 Å². The lowest BCUT2D eigenvalue weighted by atomic mass is 10.2. The van der Waals surface area contributed by atoms with Crippen molar-refractivity contribution in [1.82, 2.24) is 0 Å². The van der Waals surface area contributed by atoms with Crippen molar-refractivity contribution in [2.24, 2.45) is 5.73 Å². The first-order chi connectivity index (χ1) is 6.70. The molecule has 0 aromatic heterocycles. The molecule has 0 aliphatic rings. The van der Waals surface area contributed by atoms with E-state index in [1.165, 1.54) is 0 Å². The summed E-state index contributed by atoms with van der Waals surface area (Å²) in [7, 11) is 1.01. The molecule has 0 aromatic carbocycles. The summed E-state index contributed by atoms with van der Waals surface area (Å²) in [5.41, 5.74) is 5.14. The maximum Gasteiger partial charge on any atom is 0.490 e. The molecule has 15 heavy (non-hydrogen) atoms. The first kappa shape index (κ1) is 13.7. The smallest absolute Gasteiger partial charge is 0.468 e. The number of hydrogen-bond acceptors (Lipinski definition) is 5. The van der Waals surface area contributed by atoms with E-state index >= 15 is 0 Å². The van der Waals surface area contributed by atoms with Gasteiger partial charge in [0.1, 0.15) is 12.1 Å². The number of methoxy groups -OCH3 is 1. The number of ether oxygens (including phenoxy) is 2. The van der Waals surface area contributed by atoms with Crippen LogP contribution in [0.25, 0.3) is 0 Å². The van der Waals surface area contributed by atoms with Gasteiger partial charge in [-0.15, -0.1) is 0 Å². The lowest BCUT2D eigenvalue weighted by molar-refractivity contribution is -0.205. The van der Waals surface area contributed by atoms with Gasteiger partial charge in [0.25, 0.3) is 0 Å². The first-order valence-electron chi connectivity index (χ1n) is 3.81. The van der Waals surface area contributed by atoms with Crippen molar-refractivity contribution in [3.63, 3.8) is 0 Å². The third kappa shape index (κ3) is 4.15.